The summed E-state index contributed by atoms with van der Waals surface area (Å²) in [5.41, 5.74) is 2.70. The van der Waals surface area contributed by atoms with Crippen LogP contribution >= 0.6 is 24.8 Å². The molecule has 9 heteroatoms. The molecule has 0 aliphatic heterocycles. The number of hydrogen-bond acceptors (Lipinski definition) is 5. The molecule has 0 saturated heterocycles. The van der Waals surface area contributed by atoms with Gasteiger partial charge < -0.3 is 14.6 Å². The lowest BCUT2D eigenvalue weighted by atomic mass is 10.1. The number of anilines is 1. The van der Waals surface area contributed by atoms with E-state index in [1.54, 1.807) is 56.0 Å². The lowest BCUT2D eigenvalue weighted by Crippen LogP contribution is -2.33. The van der Waals surface area contributed by atoms with Crippen LogP contribution in [0.25, 0.3) is 11.0 Å². The van der Waals surface area contributed by atoms with Crippen LogP contribution < -0.4 is 4.90 Å². The SMILES string of the molecule is CCOC(=O)CCN(C(=O)c1ccc2nc[nH]c2c1)c1cccnc1.Cl.Cl. The summed E-state index contributed by atoms with van der Waals surface area (Å²) in [5, 5.41) is 0. The maximum absolute atomic E-state index is 13.0. The number of H-pyrrole nitrogens is 1. The number of rotatable bonds is 6. The lowest BCUT2D eigenvalue weighted by Gasteiger charge is -2.22. The first-order valence-electron chi connectivity index (χ1n) is 7.99. The number of pyridine rings is 1. The van der Waals surface area contributed by atoms with Gasteiger partial charge in [-0.2, -0.15) is 0 Å². The summed E-state index contributed by atoms with van der Waals surface area (Å²) < 4.78 is 4.96. The Labute approximate surface area is 169 Å². The van der Waals surface area contributed by atoms with E-state index in [9.17, 15) is 9.59 Å². The Kier molecular flexibility index (Phi) is 8.71. The van der Waals surface area contributed by atoms with Crippen LogP contribution in [0.15, 0.2) is 49.1 Å². The van der Waals surface area contributed by atoms with E-state index in [0.717, 1.165) is 11.0 Å². The van der Waals surface area contributed by atoms with Crippen LogP contribution in [-0.2, 0) is 9.53 Å². The first-order valence-corrected chi connectivity index (χ1v) is 7.99. The average Bonchev–Trinajstić information content (AvgIpc) is 3.10. The number of benzene rings is 1. The van der Waals surface area contributed by atoms with E-state index in [2.05, 4.69) is 15.0 Å². The first-order chi connectivity index (χ1) is 12.2. The minimum atomic E-state index is -0.340. The molecule has 1 aromatic carbocycles. The predicted octanol–water partition coefficient (Wildman–Crippen LogP) is 3.40. The number of nitrogens with zero attached hydrogens (tertiary/aromatic N) is 3. The van der Waals surface area contributed by atoms with Crippen molar-refractivity contribution in [2.24, 2.45) is 0 Å². The molecule has 144 valence electrons. The number of aromatic nitrogens is 3. The van der Waals surface area contributed by atoms with Crippen LogP contribution in [0.1, 0.15) is 23.7 Å². The van der Waals surface area contributed by atoms with Crippen LogP contribution in [0.4, 0.5) is 5.69 Å². The van der Waals surface area contributed by atoms with Crippen molar-refractivity contribution < 1.29 is 14.3 Å². The minimum Gasteiger partial charge on any atom is -0.466 e. The topological polar surface area (TPSA) is 88.2 Å². The lowest BCUT2D eigenvalue weighted by molar-refractivity contribution is -0.142. The zero-order valence-corrected chi connectivity index (χ0v) is 16.3. The summed E-state index contributed by atoms with van der Waals surface area (Å²) in [6.45, 7) is 2.28. The van der Waals surface area contributed by atoms with Crippen molar-refractivity contribution >= 4 is 53.4 Å². The number of imidazole rings is 1. The average molecular weight is 411 g/mol. The number of nitrogens with one attached hydrogen (secondary N) is 1. The molecule has 7 nitrogen and oxygen atoms in total. The van der Waals surface area contributed by atoms with Crippen LogP contribution in [0, 0.1) is 0 Å². The zero-order valence-electron chi connectivity index (χ0n) is 14.6. The van der Waals surface area contributed by atoms with Gasteiger partial charge in [0, 0.05) is 18.3 Å². The Hall–Kier alpha value is -2.64. The summed E-state index contributed by atoms with van der Waals surface area (Å²) in [4.78, 5) is 37.4. The number of aromatic amines is 1. The fourth-order valence-electron chi connectivity index (χ4n) is 2.52. The van der Waals surface area contributed by atoms with Gasteiger partial charge in [0.1, 0.15) is 0 Å². The molecule has 0 bridgehead atoms. The third kappa shape index (κ3) is 5.42. The maximum atomic E-state index is 13.0. The number of halogens is 2. The maximum Gasteiger partial charge on any atom is 0.307 e. The predicted molar refractivity (Wildman–Crippen MR) is 108 cm³/mol. The second-order valence-corrected chi connectivity index (χ2v) is 5.36. The van der Waals surface area contributed by atoms with E-state index < -0.39 is 0 Å². The number of fused-ring (bicyclic) bond motifs is 1. The molecule has 0 atom stereocenters. The number of ether oxygens (including phenoxy) is 1. The third-order valence-corrected chi connectivity index (χ3v) is 3.71. The molecule has 1 N–H and O–H groups in total. The molecule has 0 fully saturated rings. The molecule has 2 heterocycles. The normalized spacial score (nSPS) is 9.81. The molecule has 0 unspecified atom stereocenters. The van der Waals surface area contributed by atoms with Gasteiger partial charge in [-0.3, -0.25) is 14.6 Å². The highest BCUT2D eigenvalue weighted by atomic mass is 35.5. The van der Waals surface area contributed by atoms with Gasteiger partial charge in [0.15, 0.2) is 0 Å². The Morgan fingerprint density at radius 3 is 2.74 bits per heavy atom. The van der Waals surface area contributed by atoms with Gasteiger partial charge in [-0.15, -0.1) is 24.8 Å². The standard InChI is InChI=1S/C18H18N4O3.2ClH/c1-2-25-17(23)7-9-22(14-4-3-8-19-11-14)18(24)13-5-6-15-16(10-13)21-12-20-15;;/h3-6,8,10-12H,2,7,9H2,1H3,(H,20,21);2*1H. The van der Waals surface area contributed by atoms with Gasteiger partial charge in [-0.1, -0.05) is 0 Å². The molecular weight excluding hydrogens is 391 g/mol. The van der Waals surface area contributed by atoms with Crippen molar-refractivity contribution in [2.75, 3.05) is 18.1 Å². The molecule has 3 aromatic rings. The molecule has 0 saturated carbocycles. The zero-order chi connectivity index (χ0) is 17.6. The summed E-state index contributed by atoms with van der Waals surface area (Å²) in [6, 6.07) is 8.78. The summed E-state index contributed by atoms with van der Waals surface area (Å²) in [7, 11) is 0. The van der Waals surface area contributed by atoms with Gasteiger partial charge >= 0.3 is 5.97 Å². The van der Waals surface area contributed by atoms with Crippen molar-refractivity contribution in [1.29, 1.82) is 0 Å². The first kappa shape index (κ1) is 22.4. The van der Waals surface area contributed by atoms with E-state index in [-0.39, 0.29) is 49.7 Å². The highest BCUT2D eigenvalue weighted by Gasteiger charge is 2.20. The highest BCUT2D eigenvalue weighted by Crippen LogP contribution is 2.19. The van der Waals surface area contributed by atoms with Crippen LogP contribution in [0.5, 0.6) is 0 Å². The summed E-state index contributed by atoms with van der Waals surface area (Å²) in [5.74, 6) is -0.554. The Bertz CT molecular complexity index is 886. The van der Waals surface area contributed by atoms with Crippen LogP contribution in [0.2, 0.25) is 0 Å². The quantitative estimate of drug-likeness (QED) is 0.629. The van der Waals surface area contributed by atoms with E-state index >= 15 is 0 Å². The number of esters is 1. The molecule has 27 heavy (non-hydrogen) atoms. The Morgan fingerprint density at radius 2 is 2.04 bits per heavy atom. The van der Waals surface area contributed by atoms with Crippen molar-refractivity contribution in [3.8, 4) is 0 Å². The Morgan fingerprint density at radius 1 is 1.22 bits per heavy atom. The summed E-state index contributed by atoms with van der Waals surface area (Å²) in [6.07, 6.45) is 4.92. The van der Waals surface area contributed by atoms with Crippen molar-refractivity contribution in [1.82, 2.24) is 15.0 Å². The smallest absolute Gasteiger partial charge is 0.307 e. The van der Waals surface area contributed by atoms with Crippen molar-refractivity contribution in [3.05, 3.63) is 54.6 Å². The van der Waals surface area contributed by atoms with Gasteiger partial charge in [0.05, 0.1) is 42.3 Å². The molecule has 1 amide bonds. The monoisotopic (exact) mass is 410 g/mol. The summed E-state index contributed by atoms with van der Waals surface area (Å²) >= 11 is 0. The highest BCUT2D eigenvalue weighted by molar-refractivity contribution is 6.07. The molecule has 0 aliphatic carbocycles. The number of amides is 1. The molecular formula is C18H20Cl2N4O3. The van der Waals surface area contributed by atoms with Crippen LogP contribution in [0.3, 0.4) is 0 Å². The Balaban J connectivity index is 0.00000182. The molecule has 3 rings (SSSR count). The third-order valence-electron chi connectivity index (χ3n) is 3.71. The molecule has 0 radical (unpaired) electrons. The van der Waals surface area contributed by atoms with Gasteiger partial charge in [-0.05, 0) is 37.3 Å². The fourth-order valence-corrected chi connectivity index (χ4v) is 2.52. The molecule has 0 aliphatic rings. The second-order valence-electron chi connectivity index (χ2n) is 5.36. The van der Waals surface area contributed by atoms with Crippen LogP contribution in [-0.4, -0.2) is 40.0 Å². The number of hydrogen-bond donors (Lipinski definition) is 1. The van der Waals surface area contributed by atoms with E-state index in [4.69, 9.17) is 4.74 Å². The molecule has 0 spiro atoms. The fraction of sp³-hybridized carbons (Fsp3) is 0.222. The van der Waals surface area contributed by atoms with E-state index in [1.165, 1.54) is 4.90 Å². The van der Waals surface area contributed by atoms with Gasteiger partial charge in [0.25, 0.3) is 5.91 Å². The number of carbonyl (C=O) groups is 2. The molecule has 2 aromatic heterocycles. The van der Waals surface area contributed by atoms with Gasteiger partial charge in [-0.25, -0.2) is 4.98 Å². The largest absolute Gasteiger partial charge is 0.466 e. The minimum absolute atomic E-state index is 0. The second kappa shape index (κ2) is 10.5. The van der Waals surface area contributed by atoms with E-state index in [0.29, 0.717) is 17.9 Å². The van der Waals surface area contributed by atoms with Gasteiger partial charge in [0.2, 0.25) is 0 Å². The number of carbonyl (C=O) groups excluding carboxylic acids is 2. The van der Waals surface area contributed by atoms with Crippen molar-refractivity contribution in [3.63, 3.8) is 0 Å². The van der Waals surface area contributed by atoms with E-state index in [1.807, 2.05) is 0 Å². The van der Waals surface area contributed by atoms with Crippen molar-refractivity contribution in [2.45, 2.75) is 13.3 Å².